The molecule has 4 rings (SSSR count). The van der Waals surface area contributed by atoms with Crippen LogP contribution in [0, 0.1) is 12.8 Å². The van der Waals surface area contributed by atoms with Crippen molar-refractivity contribution >= 4 is 23.4 Å². The van der Waals surface area contributed by atoms with E-state index in [1.54, 1.807) is 23.6 Å². The van der Waals surface area contributed by atoms with Crippen LogP contribution in [0.1, 0.15) is 38.1 Å². The van der Waals surface area contributed by atoms with Gasteiger partial charge < -0.3 is 4.74 Å². The Hall–Kier alpha value is -2.93. The van der Waals surface area contributed by atoms with E-state index in [1.165, 1.54) is 0 Å². The van der Waals surface area contributed by atoms with Gasteiger partial charge in [0.15, 0.2) is 5.69 Å². The SMILES string of the molecule is CC(=O)N1c2ccccc2-c2nnc(SCC(C)C)nc2OC1c1cccc(C)c1. The molecule has 0 fully saturated rings. The molecule has 0 radical (unpaired) electrons. The lowest BCUT2D eigenvalue weighted by Gasteiger charge is -2.30. The zero-order valence-corrected chi connectivity index (χ0v) is 18.3. The summed E-state index contributed by atoms with van der Waals surface area (Å²) in [5.74, 6) is 1.66. The van der Waals surface area contributed by atoms with Crippen molar-refractivity contribution in [3.05, 3.63) is 59.7 Å². The zero-order valence-electron chi connectivity index (χ0n) is 17.5. The number of aromatic nitrogens is 3. The monoisotopic (exact) mass is 420 g/mol. The number of ether oxygens (including phenoxy) is 1. The van der Waals surface area contributed by atoms with Gasteiger partial charge in [0.1, 0.15) is 0 Å². The Morgan fingerprint density at radius 1 is 1.17 bits per heavy atom. The number of hydrogen-bond acceptors (Lipinski definition) is 6. The van der Waals surface area contributed by atoms with Gasteiger partial charge in [0, 0.05) is 23.8 Å². The average Bonchev–Trinajstić information content (AvgIpc) is 2.86. The van der Waals surface area contributed by atoms with Crippen LogP contribution in [0.3, 0.4) is 0 Å². The molecule has 1 amide bonds. The Kier molecular flexibility index (Phi) is 5.72. The molecule has 2 heterocycles. The van der Waals surface area contributed by atoms with E-state index < -0.39 is 6.23 Å². The van der Waals surface area contributed by atoms with Crippen LogP contribution in [0.5, 0.6) is 5.88 Å². The molecule has 1 aliphatic rings. The van der Waals surface area contributed by atoms with Crippen LogP contribution in [0.4, 0.5) is 5.69 Å². The third kappa shape index (κ3) is 4.03. The van der Waals surface area contributed by atoms with Crippen molar-refractivity contribution in [2.24, 2.45) is 5.92 Å². The van der Waals surface area contributed by atoms with Crippen molar-refractivity contribution in [2.75, 3.05) is 10.7 Å². The second-order valence-electron chi connectivity index (χ2n) is 7.74. The first-order valence-electron chi connectivity index (χ1n) is 9.94. The van der Waals surface area contributed by atoms with Gasteiger partial charge in [-0.05, 0) is 18.9 Å². The van der Waals surface area contributed by atoms with Crippen LogP contribution in [0.2, 0.25) is 0 Å². The first kappa shape index (κ1) is 20.3. The van der Waals surface area contributed by atoms with Crippen LogP contribution < -0.4 is 9.64 Å². The van der Waals surface area contributed by atoms with E-state index in [-0.39, 0.29) is 5.91 Å². The zero-order chi connectivity index (χ0) is 21.3. The largest absolute Gasteiger partial charge is 0.447 e. The molecule has 1 atom stereocenters. The number of aryl methyl sites for hydroxylation is 1. The molecule has 0 saturated heterocycles. The third-order valence-corrected chi connectivity index (χ3v) is 5.99. The molecule has 154 valence electrons. The summed E-state index contributed by atoms with van der Waals surface area (Å²) in [5, 5.41) is 9.32. The number of carbonyl (C=O) groups is 1. The molecular formula is C23H24N4O2S. The quantitative estimate of drug-likeness (QED) is 0.551. The Labute approximate surface area is 180 Å². The molecule has 2 aromatic carbocycles. The summed E-state index contributed by atoms with van der Waals surface area (Å²) in [6, 6.07) is 15.6. The van der Waals surface area contributed by atoms with Crippen molar-refractivity contribution in [3.63, 3.8) is 0 Å². The number of fused-ring (bicyclic) bond motifs is 3. The number of carbonyl (C=O) groups excluding carboxylic acids is 1. The van der Waals surface area contributed by atoms with E-state index in [2.05, 4.69) is 29.0 Å². The third-order valence-electron chi connectivity index (χ3n) is 4.72. The maximum Gasteiger partial charge on any atom is 0.247 e. The molecule has 6 nitrogen and oxygen atoms in total. The van der Waals surface area contributed by atoms with Gasteiger partial charge in [-0.1, -0.05) is 73.6 Å². The maximum absolute atomic E-state index is 12.8. The summed E-state index contributed by atoms with van der Waals surface area (Å²) in [5.41, 5.74) is 4.02. The van der Waals surface area contributed by atoms with Crippen molar-refractivity contribution in [1.29, 1.82) is 0 Å². The molecule has 0 aliphatic carbocycles. The molecule has 30 heavy (non-hydrogen) atoms. The van der Waals surface area contributed by atoms with Gasteiger partial charge in [-0.3, -0.25) is 9.69 Å². The highest BCUT2D eigenvalue weighted by Gasteiger charge is 2.34. The normalized spacial score (nSPS) is 15.2. The number of benzene rings is 2. The van der Waals surface area contributed by atoms with Crippen LogP contribution in [0.15, 0.2) is 53.7 Å². The smallest absolute Gasteiger partial charge is 0.247 e. The Bertz CT molecular complexity index is 1090. The Morgan fingerprint density at radius 2 is 1.97 bits per heavy atom. The predicted molar refractivity (Wildman–Crippen MR) is 119 cm³/mol. The minimum atomic E-state index is -0.649. The van der Waals surface area contributed by atoms with Crippen molar-refractivity contribution < 1.29 is 9.53 Å². The summed E-state index contributed by atoms with van der Waals surface area (Å²) in [6.07, 6.45) is -0.649. The van der Waals surface area contributed by atoms with Gasteiger partial charge in [0.05, 0.1) is 5.69 Å². The van der Waals surface area contributed by atoms with E-state index in [1.807, 2.05) is 55.5 Å². The number of para-hydroxylation sites is 1. The van der Waals surface area contributed by atoms with E-state index >= 15 is 0 Å². The predicted octanol–water partition coefficient (Wildman–Crippen LogP) is 5.04. The molecule has 0 saturated carbocycles. The minimum absolute atomic E-state index is 0.121. The molecular weight excluding hydrogens is 396 g/mol. The van der Waals surface area contributed by atoms with E-state index in [0.717, 1.165) is 28.1 Å². The molecule has 0 bridgehead atoms. The molecule has 0 spiro atoms. The van der Waals surface area contributed by atoms with Gasteiger partial charge >= 0.3 is 0 Å². The number of hydrogen-bond donors (Lipinski definition) is 0. The fourth-order valence-electron chi connectivity index (χ4n) is 3.40. The number of rotatable bonds is 4. The summed E-state index contributed by atoms with van der Waals surface area (Å²) in [7, 11) is 0. The highest BCUT2D eigenvalue weighted by atomic mass is 32.2. The minimum Gasteiger partial charge on any atom is -0.447 e. The van der Waals surface area contributed by atoms with E-state index in [0.29, 0.717) is 22.6 Å². The fraction of sp³-hybridized carbons (Fsp3) is 0.304. The Balaban J connectivity index is 1.88. The van der Waals surface area contributed by atoms with Crippen LogP contribution in [-0.4, -0.2) is 26.8 Å². The first-order valence-corrected chi connectivity index (χ1v) is 10.9. The standard InChI is InChI=1S/C23H24N4O2S/c1-14(2)13-30-23-24-21-20(25-26-23)18-10-5-6-11-19(18)27(16(4)28)22(29-21)17-9-7-8-15(3)12-17/h5-12,14,22H,13H2,1-4H3. The van der Waals surface area contributed by atoms with Gasteiger partial charge in [0.2, 0.25) is 23.2 Å². The van der Waals surface area contributed by atoms with Crippen molar-refractivity contribution in [3.8, 4) is 17.1 Å². The summed E-state index contributed by atoms with van der Waals surface area (Å²) < 4.78 is 6.38. The molecule has 0 N–H and O–H groups in total. The average molecular weight is 421 g/mol. The van der Waals surface area contributed by atoms with Gasteiger partial charge in [-0.15, -0.1) is 10.2 Å². The first-order chi connectivity index (χ1) is 14.4. The maximum atomic E-state index is 12.8. The van der Waals surface area contributed by atoms with Gasteiger partial charge in [-0.25, -0.2) is 0 Å². The fourth-order valence-corrected chi connectivity index (χ4v) is 4.12. The lowest BCUT2D eigenvalue weighted by Crippen LogP contribution is -2.36. The van der Waals surface area contributed by atoms with Crippen LogP contribution in [0.25, 0.3) is 11.3 Å². The second-order valence-corrected chi connectivity index (χ2v) is 8.73. The summed E-state index contributed by atoms with van der Waals surface area (Å²) >= 11 is 1.55. The highest BCUT2D eigenvalue weighted by Crippen LogP contribution is 2.43. The van der Waals surface area contributed by atoms with E-state index in [4.69, 9.17) is 4.74 Å². The van der Waals surface area contributed by atoms with Crippen LogP contribution in [-0.2, 0) is 4.79 Å². The molecule has 7 heteroatoms. The number of amides is 1. The highest BCUT2D eigenvalue weighted by molar-refractivity contribution is 7.99. The van der Waals surface area contributed by atoms with Gasteiger partial charge in [-0.2, -0.15) is 4.98 Å². The molecule has 3 aromatic rings. The van der Waals surface area contributed by atoms with Crippen LogP contribution >= 0.6 is 11.8 Å². The summed E-state index contributed by atoms with van der Waals surface area (Å²) in [4.78, 5) is 19.1. The van der Waals surface area contributed by atoms with Crippen molar-refractivity contribution in [1.82, 2.24) is 15.2 Å². The number of nitrogens with zero attached hydrogens (tertiary/aromatic N) is 4. The molecule has 1 aliphatic heterocycles. The lowest BCUT2D eigenvalue weighted by atomic mass is 10.1. The second kappa shape index (κ2) is 8.44. The Morgan fingerprint density at radius 3 is 2.70 bits per heavy atom. The van der Waals surface area contributed by atoms with Gasteiger partial charge in [0.25, 0.3) is 0 Å². The number of anilines is 1. The molecule has 1 aromatic heterocycles. The summed E-state index contributed by atoms with van der Waals surface area (Å²) in [6.45, 7) is 7.86. The van der Waals surface area contributed by atoms with Crippen molar-refractivity contribution in [2.45, 2.75) is 39.1 Å². The molecule has 1 unspecified atom stereocenters. The topological polar surface area (TPSA) is 68.2 Å². The number of thioether (sulfide) groups is 1. The lowest BCUT2D eigenvalue weighted by molar-refractivity contribution is -0.118. The van der Waals surface area contributed by atoms with E-state index in [9.17, 15) is 4.79 Å².